The fraction of sp³-hybridized carbons (Fsp3) is 0.632. The highest BCUT2D eigenvalue weighted by Crippen LogP contribution is 2.38. The molecule has 1 aliphatic carbocycles. The van der Waals surface area contributed by atoms with E-state index in [4.69, 9.17) is 21.1 Å². The van der Waals surface area contributed by atoms with Gasteiger partial charge in [-0.1, -0.05) is 18.5 Å². The number of rotatable bonds is 5. The second-order valence-corrected chi connectivity index (χ2v) is 10.0. The molecule has 27 heavy (non-hydrogen) atoms. The summed E-state index contributed by atoms with van der Waals surface area (Å²) >= 11 is 6.17. The van der Waals surface area contributed by atoms with E-state index in [-0.39, 0.29) is 17.7 Å². The number of sulfone groups is 1. The highest BCUT2D eigenvalue weighted by atomic mass is 35.5. The fourth-order valence-corrected chi connectivity index (χ4v) is 5.32. The number of hydrogen-bond donors (Lipinski definition) is 0. The molecule has 3 rings (SSSR count). The van der Waals surface area contributed by atoms with Crippen LogP contribution in [-0.4, -0.2) is 51.3 Å². The molecule has 1 saturated carbocycles. The lowest BCUT2D eigenvalue weighted by molar-refractivity contribution is -0.129. The smallest absolute Gasteiger partial charge is 0.237 e. The first-order valence-electron chi connectivity index (χ1n) is 9.29. The number of nitrogens with zero attached hydrogens (tertiary/aromatic N) is 1. The van der Waals surface area contributed by atoms with Crippen molar-refractivity contribution in [3.8, 4) is 11.5 Å². The lowest BCUT2D eigenvalue weighted by atomic mass is 9.87. The van der Waals surface area contributed by atoms with Crippen LogP contribution >= 0.6 is 11.6 Å². The van der Waals surface area contributed by atoms with Gasteiger partial charge in [-0.05, 0) is 49.3 Å². The average molecular weight is 416 g/mol. The third kappa shape index (κ3) is 5.08. The molecule has 1 aliphatic heterocycles. The minimum absolute atomic E-state index is 0.132. The van der Waals surface area contributed by atoms with Crippen molar-refractivity contribution in [2.24, 2.45) is 5.92 Å². The molecule has 1 fully saturated rings. The summed E-state index contributed by atoms with van der Waals surface area (Å²) in [6.45, 7) is 3.01. The third-order valence-corrected chi connectivity index (χ3v) is 7.05. The lowest BCUT2D eigenvalue weighted by Gasteiger charge is -2.33. The van der Waals surface area contributed by atoms with Crippen molar-refractivity contribution in [1.29, 1.82) is 0 Å². The van der Waals surface area contributed by atoms with Gasteiger partial charge >= 0.3 is 0 Å². The number of ether oxygens (including phenoxy) is 2. The Morgan fingerprint density at radius 3 is 2.56 bits per heavy atom. The van der Waals surface area contributed by atoms with Crippen molar-refractivity contribution < 1.29 is 22.7 Å². The number of hydrogen-bond acceptors (Lipinski definition) is 5. The predicted molar refractivity (Wildman–Crippen MR) is 104 cm³/mol. The topological polar surface area (TPSA) is 72.9 Å². The quantitative estimate of drug-likeness (QED) is 0.738. The van der Waals surface area contributed by atoms with Crippen LogP contribution in [0.2, 0.25) is 5.02 Å². The van der Waals surface area contributed by atoms with Crippen LogP contribution in [0.3, 0.4) is 0 Å². The van der Waals surface area contributed by atoms with Crippen LogP contribution < -0.4 is 9.47 Å². The number of amides is 1. The van der Waals surface area contributed by atoms with Gasteiger partial charge in [0.15, 0.2) is 21.3 Å². The zero-order chi connectivity index (χ0) is 19.6. The molecule has 0 unspecified atom stereocenters. The Balaban J connectivity index is 1.64. The molecule has 1 aromatic rings. The largest absolute Gasteiger partial charge is 0.486 e. The highest BCUT2D eigenvalue weighted by molar-refractivity contribution is 7.91. The van der Waals surface area contributed by atoms with Gasteiger partial charge in [-0.3, -0.25) is 4.79 Å². The van der Waals surface area contributed by atoms with E-state index >= 15 is 0 Å². The number of halogens is 1. The maximum absolute atomic E-state index is 12.6. The average Bonchev–Trinajstić information content (AvgIpc) is 2.61. The van der Waals surface area contributed by atoms with Crippen LogP contribution in [0.25, 0.3) is 0 Å². The molecule has 1 aromatic carbocycles. The predicted octanol–water partition coefficient (Wildman–Crippen LogP) is 3.06. The van der Waals surface area contributed by atoms with Crippen molar-refractivity contribution in [3.63, 3.8) is 0 Å². The van der Waals surface area contributed by atoms with Gasteiger partial charge in [-0.15, -0.1) is 0 Å². The summed E-state index contributed by atoms with van der Waals surface area (Å²) in [6.07, 6.45) is 4.01. The standard InChI is InChI=1S/C19H26ClNO5S/c1-13-3-5-15(6-4-13)21(2)18(22)12-27(23,24)11-14-9-16(20)19-17(10-14)25-7-8-26-19/h9-10,13,15H,3-8,11-12H2,1-2H3. The fourth-order valence-electron chi connectivity index (χ4n) is 3.68. The van der Waals surface area contributed by atoms with Gasteiger partial charge in [0.1, 0.15) is 19.0 Å². The molecule has 0 N–H and O–H groups in total. The van der Waals surface area contributed by atoms with Crippen LogP contribution in [0.15, 0.2) is 12.1 Å². The van der Waals surface area contributed by atoms with Gasteiger partial charge in [-0.2, -0.15) is 0 Å². The Kier molecular flexibility index (Phi) is 6.21. The van der Waals surface area contributed by atoms with Crippen molar-refractivity contribution in [1.82, 2.24) is 4.90 Å². The van der Waals surface area contributed by atoms with Crippen LogP contribution in [0.4, 0.5) is 0 Å². The zero-order valence-corrected chi connectivity index (χ0v) is 17.3. The van der Waals surface area contributed by atoms with E-state index < -0.39 is 15.6 Å². The maximum atomic E-state index is 12.6. The first kappa shape index (κ1) is 20.3. The van der Waals surface area contributed by atoms with E-state index in [1.807, 2.05) is 0 Å². The van der Waals surface area contributed by atoms with Crippen molar-refractivity contribution in [3.05, 3.63) is 22.7 Å². The molecule has 0 radical (unpaired) electrons. The van der Waals surface area contributed by atoms with Crippen LogP contribution in [0.1, 0.15) is 38.2 Å². The molecule has 1 heterocycles. The van der Waals surface area contributed by atoms with Crippen molar-refractivity contribution in [2.75, 3.05) is 26.0 Å². The summed E-state index contributed by atoms with van der Waals surface area (Å²) in [5.74, 6) is 0.448. The van der Waals surface area contributed by atoms with Crippen LogP contribution in [-0.2, 0) is 20.4 Å². The van der Waals surface area contributed by atoms with Crippen molar-refractivity contribution in [2.45, 2.75) is 44.4 Å². The summed E-state index contributed by atoms with van der Waals surface area (Å²) in [6, 6.07) is 3.31. The van der Waals surface area contributed by atoms with Crippen LogP contribution in [0, 0.1) is 5.92 Å². The number of fused-ring (bicyclic) bond motifs is 1. The normalized spacial score (nSPS) is 22.3. The monoisotopic (exact) mass is 415 g/mol. The second kappa shape index (κ2) is 8.27. The molecule has 1 amide bonds. The number of benzene rings is 1. The van der Waals surface area contributed by atoms with Gasteiger partial charge in [0, 0.05) is 13.1 Å². The molecule has 0 saturated heterocycles. The Hall–Kier alpha value is -1.47. The summed E-state index contributed by atoms with van der Waals surface area (Å²) in [4.78, 5) is 14.1. The Morgan fingerprint density at radius 2 is 1.85 bits per heavy atom. The Bertz CT molecular complexity index is 803. The minimum atomic E-state index is -3.62. The molecule has 0 atom stereocenters. The summed E-state index contributed by atoms with van der Waals surface area (Å²) in [5, 5.41) is 0.317. The van der Waals surface area contributed by atoms with Gasteiger partial charge in [0.25, 0.3) is 0 Å². The minimum Gasteiger partial charge on any atom is -0.486 e. The van der Waals surface area contributed by atoms with E-state index in [0.717, 1.165) is 25.7 Å². The maximum Gasteiger partial charge on any atom is 0.237 e. The van der Waals surface area contributed by atoms with Crippen molar-refractivity contribution >= 4 is 27.3 Å². The molecule has 6 nitrogen and oxygen atoms in total. The number of carbonyl (C=O) groups excluding carboxylic acids is 1. The van der Waals surface area contributed by atoms with Gasteiger partial charge in [0.05, 0.1) is 10.8 Å². The van der Waals surface area contributed by atoms with E-state index in [1.165, 1.54) is 0 Å². The molecule has 150 valence electrons. The molecule has 2 aliphatic rings. The highest BCUT2D eigenvalue weighted by Gasteiger charge is 2.28. The number of carbonyl (C=O) groups is 1. The van der Waals surface area contributed by atoms with E-state index in [2.05, 4.69) is 6.92 Å². The molecule has 8 heteroatoms. The lowest BCUT2D eigenvalue weighted by Crippen LogP contribution is -2.42. The van der Waals surface area contributed by atoms with Gasteiger partial charge < -0.3 is 14.4 Å². The van der Waals surface area contributed by atoms with Gasteiger partial charge in [0.2, 0.25) is 5.91 Å². The van der Waals surface area contributed by atoms with E-state index in [1.54, 1.807) is 24.1 Å². The molecular formula is C19H26ClNO5S. The first-order valence-corrected chi connectivity index (χ1v) is 11.5. The molecular weight excluding hydrogens is 390 g/mol. The molecule has 0 aromatic heterocycles. The summed E-state index contributed by atoms with van der Waals surface area (Å²) < 4.78 is 36.1. The molecule has 0 bridgehead atoms. The van der Waals surface area contributed by atoms with E-state index in [9.17, 15) is 13.2 Å². The SMILES string of the molecule is CC1CCC(N(C)C(=O)CS(=O)(=O)Cc2cc(Cl)c3c(c2)OCCO3)CC1. The third-order valence-electron chi connectivity index (χ3n) is 5.31. The van der Waals surface area contributed by atoms with Gasteiger partial charge in [-0.25, -0.2) is 8.42 Å². The zero-order valence-electron chi connectivity index (χ0n) is 15.7. The summed E-state index contributed by atoms with van der Waals surface area (Å²) in [5.41, 5.74) is 0.492. The van der Waals surface area contributed by atoms with E-state index in [0.29, 0.717) is 41.2 Å². The Labute approximate surface area is 165 Å². The second-order valence-electron chi connectivity index (χ2n) is 7.55. The first-order chi connectivity index (χ1) is 12.7. The molecule has 0 spiro atoms. The summed E-state index contributed by atoms with van der Waals surface area (Å²) in [7, 11) is -1.91. The Morgan fingerprint density at radius 1 is 1.19 bits per heavy atom. The van der Waals surface area contributed by atoms with Crippen LogP contribution in [0.5, 0.6) is 11.5 Å².